The molecule has 1 aliphatic rings. The topological polar surface area (TPSA) is 109 Å². The smallest absolute Gasteiger partial charge is 0.257 e. The van der Waals surface area contributed by atoms with Crippen LogP contribution in [0.3, 0.4) is 0 Å². The number of ketones is 1. The summed E-state index contributed by atoms with van der Waals surface area (Å²) < 4.78 is 41.1. The summed E-state index contributed by atoms with van der Waals surface area (Å²) in [7, 11) is -3.68. The van der Waals surface area contributed by atoms with Crippen LogP contribution in [0.2, 0.25) is 0 Å². The van der Waals surface area contributed by atoms with E-state index in [1.165, 1.54) is 46.8 Å². The quantitative estimate of drug-likeness (QED) is 0.258. The molecule has 1 N–H and O–H groups in total. The normalized spacial score (nSPS) is 14.9. The number of thioether (sulfide) groups is 1. The van der Waals surface area contributed by atoms with Gasteiger partial charge in [-0.25, -0.2) is 12.8 Å². The van der Waals surface area contributed by atoms with E-state index in [2.05, 4.69) is 15.5 Å². The van der Waals surface area contributed by atoms with Crippen LogP contribution in [-0.2, 0) is 10.0 Å². The lowest BCUT2D eigenvalue weighted by atomic mass is 10.1. The molecule has 0 aliphatic carbocycles. The van der Waals surface area contributed by atoms with Gasteiger partial charge in [0, 0.05) is 24.2 Å². The van der Waals surface area contributed by atoms with Gasteiger partial charge in [0.2, 0.25) is 15.2 Å². The number of carbonyl (C=O) groups is 2. The summed E-state index contributed by atoms with van der Waals surface area (Å²) in [6, 6.07) is 11.2. The molecule has 35 heavy (non-hydrogen) atoms. The van der Waals surface area contributed by atoms with Gasteiger partial charge in [-0.05, 0) is 55.3 Å². The highest BCUT2D eigenvalue weighted by Gasteiger charge is 2.26. The number of benzene rings is 2. The first-order chi connectivity index (χ1) is 16.8. The van der Waals surface area contributed by atoms with Crippen LogP contribution < -0.4 is 5.32 Å². The van der Waals surface area contributed by atoms with Crippen molar-refractivity contribution >= 4 is 49.9 Å². The molecular formula is C23H23FN4O4S3. The maximum Gasteiger partial charge on any atom is 0.257 e. The molecule has 0 atom stereocenters. The fourth-order valence-corrected chi connectivity index (χ4v) is 6.77. The number of aromatic nitrogens is 2. The fraction of sp³-hybridized carbons (Fsp3) is 0.304. The lowest BCUT2D eigenvalue weighted by molar-refractivity contribution is 0.101. The molecule has 1 aliphatic heterocycles. The Kier molecular flexibility index (Phi) is 8.26. The molecule has 0 saturated carbocycles. The van der Waals surface area contributed by atoms with E-state index in [0.29, 0.717) is 23.0 Å². The molecule has 2 heterocycles. The number of hydrogen-bond acceptors (Lipinski definition) is 8. The number of Topliss-reactive ketones (excluding diaryl/α,β-unsaturated/α-hetero) is 1. The third-order valence-corrected chi connectivity index (χ3v) is 9.29. The van der Waals surface area contributed by atoms with E-state index in [4.69, 9.17) is 0 Å². The number of hydrogen-bond donors (Lipinski definition) is 1. The van der Waals surface area contributed by atoms with Crippen LogP contribution in [0.25, 0.3) is 0 Å². The van der Waals surface area contributed by atoms with Crippen molar-refractivity contribution in [1.29, 1.82) is 0 Å². The fourth-order valence-electron chi connectivity index (χ4n) is 3.56. The van der Waals surface area contributed by atoms with Crippen molar-refractivity contribution in [3.63, 3.8) is 0 Å². The zero-order valence-corrected chi connectivity index (χ0v) is 21.1. The first kappa shape index (κ1) is 25.4. The third kappa shape index (κ3) is 6.51. The van der Waals surface area contributed by atoms with Crippen LogP contribution in [0.4, 0.5) is 9.52 Å². The Morgan fingerprint density at radius 3 is 2.43 bits per heavy atom. The van der Waals surface area contributed by atoms with E-state index in [0.717, 1.165) is 48.8 Å². The molecule has 3 aromatic rings. The number of amides is 1. The van der Waals surface area contributed by atoms with Crippen LogP contribution in [0.5, 0.6) is 0 Å². The minimum atomic E-state index is -3.68. The van der Waals surface area contributed by atoms with E-state index in [9.17, 15) is 22.4 Å². The highest BCUT2D eigenvalue weighted by Crippen LogP contribution is 2.27. The highest BCUT2D eigenvalue weighted by atomic mass is 32.2. The molecule has 2 aromatic carbocycles. The first-order valence-electron chi connectivity index (χ1n) is 11.0. The summed E-state index contributed by atoms with van der Waals surface area (Å²) in [4.78, 5) is 25.1. The average molecular weight is 535 g/mol. The van der Waals surface area contributed by atoms with Gasteiger partial charge in [0.1, 0.15) is 5.82 Å². The average Bonchev–Trinajstić information content (AvgIpc) is 3.11. The van der Waals surface area contributed by atoms with Gasteiger partial charge < -0.3 is 0 Å². The summed E-state index contributed by atoms with van der Waals surface area (Å²) >= 11 is 2.26. The molecule has 0 radical (unpaired) electrons. The van der Waals surface area contributed by atoms with Crippen LogP contribution in [0.1, 0.15) is 46.4 Å². The monoisotopic (exact) mass is 534 g/mol. The van der Waals surface area contributed by atoms with Crippen LogP contribution in [-0.4, -0.2) is 53.5 Å². The molecule has 0 spiro atoms. The molecule has 8 nitrogen and oxygen atoms in total. The van der Waals surface area contributed by atoms with Crippen LogP contribution >= 0.6 is 23.1 Å². The van der Waals surface area contributed by atoms with Gasteiger partial charge in [0.15, 0.2) is 10.1 Å². The minimum absolute atomic E-state index is 0.0832. The van der Waals surface area contributed by atoms with E-state index >= 15 is 0 Å². The number of nitrogens with zero attached hydrogens (tertiary/aromatic N) is 3. The summed E-state index contributed by atoms with van der Waals surface area (Å²) in [5.41, 5.74) is 0.587. The number of carbonyl (C=O) groups excluding carboxylic acids is 2. The van der Waals surface area contributed by atoms with Gasteiger partial charge in [0.25, 0.3) is 5.91 Å². The lowest BCUT2D eigenvalue weighted by Gasteiger charge is -2.20. The van der Waals surface area contributed by atoms with Gasteiger partial charge in [-0.1, -0.05) is 42.0 Å². The van der Waals surface area contributed by atoms with Crippen molar-refractivity contribution in [3.05, 3.63) is 65.5 Å². The Balaban J connectivity index is 1.38. The van der Waals surface area contributed by atoms with Gasteiger partial charge in [-0.15, -0.1) is 10.2 Å². The molecule has 1 aromatic heterocycles. The summed E-state index contributed by atoms with van der Waals surface area (Å²) in [5, 5.41) is 10.8. The second-order valence-corrected chi connectivity index (χ2v) is 12.0. The van der Waals surface area contributed by atoms with Gasteiger partial charge in [0.05, 0.1) is 10.6 Å². The van der Waals surface area contributed by atoms with Crippen molar-refractivity contribution in [2.45, 2.75) is 34.9 Å². The highest BCUT2D eigenvalue weighted by molar-refractivity contribution is 8.01. The first-order valence-corrected chi connectivity index (χ1v) is 14.2. The van der Waals surface area contributed by atoms with Crippen molar-refractivity contribution < 1.29 is 22.4 Å². The van der Waals surface area contributed by atoms with Crippen LogP contribution in [0.15, 0.2) is 57.8 Å². The second kappa shape index (κ2) is 11.4. The number of halogens is 1. The summed E-state index contributed by atoms with van der Waals surface area (Å²) in [6.07, 6.45) is 3.67. The van der Waals surface area contributed by atoms with Crippen molar-refractivity contribution in [3.8, 4) is 0 Å². The lowest BCUT2D eigenvalue weighted by Crippen LogP contribution is -2.32. The zero-order chi connectivity index (χ0) is 24.8. The molecule has 12 heteroatoms. The largest absolute Gasteiger partial charge is 0.296 e. The van der Waals surface area contributed by atoms with Crippen molar-refractivity contribution in [2.75, 3.05) is 24.2 Å². The molecule has 184 valence electrons. The summed E-state index contributed by atoms with van der Waals surface area (Å²) in [5.74, 6) is -1.01. The van der Waals surface area contributed by atoms with Gasteiger partial charge in [-0.2, -0.15) is 4.31 Å². The predicted octanol–water partition coefficient (Wildman–Crippen LogP) is 4.47. The second-order valence-electron chi connectivity index (χ2n) is 7.89. The predicted molar refractivity (Wildman–Crippen MR) is 133 cm³/mol. The maximum absolute atomic E-state index is 13.0. The Labute approximate surface area is 211 Å². The van der Waals surface area contributed by atoms with Gasteiger partial charge in [-0.3, -0.25) is 14.9 Å². The molecular weight excluding hydrogens is 511 g/mol. The molecule has 0 bridgehead atoms. The maximum atomic E-state index is 13.0. The molecule has 1 fully saturated rings. The van der Waals surface area contributed by atoms with E-state index in [-0.39, 0.29) is 27.1 Å². The number of anilines is 1. The molecule has 1 amide bonds. The summed E-state index contributed by atoms with van der Waals surface area (Å²) in [6.45, 7) is 0.960. The molecule has 4 rings (SSSR count). The zero-order valence-electron chi connectivity index (χ0n) is 18.6. The molecule has 1 saturated heterocycles. The standard InChI is InChI=1S/C23H23FN4O4S3/c24-18-10-8-16(9-11-18)20(29)15-33-23-27-26-22(34-23)25-21(30)17-6-5-7-19(14-17)35(31,32)28-12-3-1-2-4-13-28/h5-11,14H,1-4,12-13,15H2,(H,25,26,30). The van der Waals surface area contributed by atoms with E-state index < -0.39 is 21.7 Å². The molecule has 0 unspecified atom stereocenters. The SMILES string of the molecule is O=C(CSc1nnc(NC(=O)c2cccc(S(=O)(=O)N3CCCCCC3)c2)s1)c1ccc(F)cc1. The van der Waals surface area contributed by atoms with Crippen molar-refractivity contribution in [1.82, 2.24) is 14.5 Å². The third-order valence-electron chi connectivity index (χ3n) is 5.42. The van der Waals surface area contributed by atoms with E-state index in [1.54, 1.807) is 6.07 Å². The Hall–Kier alpha value is -2.67. The van der Waals surface area contributed by atoms with Crippen molar-refractivity contribution in [2.24, 2.45) is 0 Å². The van der Waals surface area contributed by atoms with Crippen LogP contribution in [0, 0.1) is 5.82 Å². The minimum Gasteiger partial charge on any atom is -0.296 e. The van der Waals surface area contributed by atoms with Gasteiger partial charge >= 0.3 is 0 Å². The Morgan fingerprint density at radius 2 is 1.71 bits per heavy atom. The number of rotatable bonds is 8. The Bertz CT molecular complexity index is 1300. The Morgan fingerprint density at radius 1 is 1.00 bits per heavy atom. The number of sulfonamides is 1. The van der Waals surface area contributed by atoms with E-state index in [1.807, 2.05) is 0 Å². The number of nitrogens with one attached hydrogen (secondary N) is 1.